The molecule has 138 valence electrons. The molecular formula is C21H23N5O. The number of nitrogens with one attached hydrogen (secondary N) is 2. The Balaban J connectivity index is 1.40. The molecule has 1 atom stereocenters. The molecule has 0 radical (unpaired) electrons. The van der Waals surface area contributed by atoms with Crippen LogP contribution in [-0.4, -0.2) is 40.8 Å². The summed E-state index contributed by atoms with van der Waals surface area (Å²) in [6.07, 6.45) is 3.96. The first-order valence-electron chi connectivity index (χ1n) is 9.52. The summed E-state index contributed by atoms with van der Waals surface area (Å²) in [5, 5.41) is 17.7. The number of benzene rings is 2. The zero-order chi connectivity index (χ0) is 18.3. The van der Waals surface area contributed by atoms with Crippen LogP contribution in [-0.2, 0) is 0 Å². The molecule has 1 saturated carbocycles. The molecule has 6 heteroatoms. The van der Waals surface area contributed by atoms with Crippen molar-refractivity contribution in [2.75, 3.05) is 20.2 Å². The lowest BCUT2D eigenvalue weighted by atomic mass is 9.89. The first-order chi connectivity index (χ1) is 13.3. The topological polar surface area (TPSA) is 75.7 Å². The highest BCUT2D eigenvalue weighted by molar-refractivity contribution is 5.74. The van der Waals surface area contributed by atoms with Crippen LogP contribution in [0.5, 0.6) is 5.75 Å². The number of piperidine rings is 1. The van der Waals surface area contributed by atoms with E-state index in [4.69, 9.17) is 4.74 Å². The number of hydrogen-bond donors (Lipinski definition) is 2. The lowest BCUT2D eigenvalue weighted by Gasteiger charge is -2.23. The molecule has 0 bridgehead atoms. The average molecular weight is 361 g/mol. The number of H-pyrrole nitrogens is 1. The van der Waals surface area contributed by atoms with Gasteiger partial charge in [0.2, 0.25) is 5.82 Å². The number of aromatic nitrogens is 4. The first-order valence-corrected chi connectivity index (χ1v) is 9.52. The minimum absolute atomic E-state index is 0.566. The highest BCUT2D eigenvalue weighted by Crippen LogP contribution is 2.64. The summed E-state index contributed by atoms with van der Waals surface area (Å²) in [7, 11) is 1.69. The van der Waals surface area contributed by atoms with E-state index in [1.165, 1.54) is 37.9 Å². The molecule has 2 aliphatic rings. The van der Waals surface area contributed by atoms with Crippen LogP contribution in [0.25, 0.3) is 22.5 Å². The van der Waals surface area contributed by atoms with Gasteiger partial charge in [0.25, 0.3) is 0 Å². The third-order valence-electron chi connectivity index (χ3n) is 6.22. The molecule has 6 nitrogen and oxygen atoms in total. The lowest BCUT2D eigenvalue weighted by Crippen LogP contribution is -2.29. The van der Waals surface area contributed by atoms with E-state index in [0.29, 0.717) is 11.2 Å². The molecule has 2 aromatic carbocycles. The molecule has 1 saturated heterocycles. The summed E-state index contributed by atoms with van der Waals surface area (Å²) >= 11 is 0. The Bertz CT molecular complexity index is 930. The Morgan fingerprint density at radius 2 is 1.81 bits per heavy atom. The summed E-state index contributed by atoms with van der Waals surface area (Å²) in [6.45, 7) is 2.33. The van der Waals surface area contributed by atoms with Crippen LogP contribution < -0.4 is 10.1 Å². The Labute approximate surface area is 158 Å². The van der Waals surface area contributed by atoms with Crippen molar-refractivity contribution in [1.82, 2.24) is 25.9 Å². The highest BCUT2D eigenvalue weighted by Gasteiger charge is 2.54. The van der Waals surface area contributed by atoms with Gasteiger partial charge in [-0.3, -0.25) is 0 Å². The summed E-state index contributed by atoms with van der Waals surface area (Å²) in [5.74, 6) is 2.11. The molecule has 1 aliphatic carbocycles. The number of aromatic amines is 1. The van der Waals surface area contributed by atoms with Crippen LogP contribution in [0.4, 0.5) is 0 Å². The number of ether oxygens (including phenoxy) is 1. The maximum Gasteiger partial charge on any atom is 0.204 e. The number of rotatable bonds is 4. The molecule has 27 heavy (non-hydrogen) atoms. The van der Waals surface area contributed by atoms with Gasteiger partial charge in [-0.2, -0.15) is 5.21 Å². The monoisotopic (exact) mass is 361 g/mol. The summed E-state index contributed by atoms with van der Waals surface area (Å²) in [6, 6.07) is 15.0. The zero-order valence-corrected chi connectivity index (χ0v) is 15.4. The maximum absolute atomic E-state index is 5.63. The fourth-order valence-corrected chi connectivity index (χ4v) is 4.54. The zero-order valence-electron chi connectivity index (χ0n) is 15.4. The molecule has 2 N–H and O–H groups in total. The van der Waals surface area contributed by atoms with Crippen molar-refractivity contribution in [2.24, 2.45) is 5.41 Å². The van der Waals surface area contributed by atoms with Gasteiger partial charge >= 0.3 is 0 Å². The van der Waals surface area contributed by atoms with Crippen LogP contribution in [0.1, 0.15) is 30.7 Å². The second kappa shape index (κ2) is 6.46. The fourth-order valence-electron chi connectivity index (χ4n) is 4.54. The Hall–Kier alpha value is -2.73. The quantitative estimate of drug-likeness (QED) is 0.745. The summed E-state index contributed by atoms with van der Waals surface area (Å²) < 4.78 is 5.63. The second-order valence-corrected chi connectivity index (χ2v) is 7.64. The van der Waals surface area contributed by atoms with Gasteiger partial charge in [-0.15, -0.1) is 10.2 Å². The van der Waals surface area contributed by atoms with Gasteiger partial charge in [0.1, 0.15) is 5.75 Å². The van der Waals surface area contributed by atoms with E-state index in [-0.39, 0.29) is 0 Å². The molecule has 1 aromatic heterocycles. The van der Waals surface area contributed by atoms with Gasteiger partial charge in [0.15, 0.2) is 0 Å². The molecular weight excluding hydrogens is 338 g/mol. The largest absolute Gasteiger partial charge is 0.496 e. The minimum atomic E-state index is 0.566. The standard InChI is InChI=1S/C21H23N5O/c1-27-19-12-16(20-23-25-26-24-20)6-7-17(19)14-2-4-15(5-3-14)18-13-21(18)8-10-22-11-9-21/h2-7,12,18,22H,8-11,13H2,1H3,(H,23,24,25,26)/t18-/m1/s1. The van der Waals surface area contributed by atoms with E-state index in [0.717, 1.165) is 28.4 Å². The lowest BCUT2D eigenvalue weighted by molar-refractivity contribution is 0.342. The molecule has 5 rings (SSSR count). The fraction of sp³-hybridized carbons (Fsp3) is 0.381. The molecule has 2 heterocycles. The van der Waals surface area contributed by atoms with Crippen LogP contribution >= 0.6 is 0 Å². The van der Waals surface area contributed by atoms with Crippen LogP contribution in [0.3, 0.4) is 0 Å². The van der Waals surface area contributed by atoms with Crippen molar-refractivity contribution in [3.63, 3.8) is 0 Å². The number of nitrogens with zero attached hydrogens (tertiary/aromatic N) is 3. The van der Waals surface area contributed by atoms with Gasteiger partial charge in [0.05, 0.1) is 7.11 Å². The van der Waals surface area contributed by atoms with E-state index < -0.39 is 0 Å². The normalized spacial score (nSPS) is 20.6. The number of hydrogen-bond acceptors (Lipinski definition) is 5. The van der Waals surface area contributed by atoms with Gasteiger partial charge in [-0.05, 0) is 72.2 Å². The molecule has 2 fully saturated rings. The average Bonchev–Trinajstić information content (AvgIpc) is 3.16. The van der Waals surface area contributed by atoms with Crippen LogP contribution in [0.2, 0.25) is 0 Å². The predicted octanol–water partition coefficient (Wildman–Crippen LogP) is 3.40. The molecule has 1 spiro atoms. The summed E-state index contributed by atoms with van der Waals surface area (Å²) in [4.78, 5) is 0. The van der Waals surface area contributed by atoms with Crippen LogP contribution in [0, 0.1) is 5.41 Å². The van der Waals surface area contributed by atoms with E-state index in [2.05, 4.69) is 56.3 Å². The number of tetrazole rings is 1. The third-order valence-corrected chi connectivity index (χ3v) is 6.22. The van der Waals surface area contributed by atoms with E-state index in [1.807, 2.05) is 12.1 Å². The highest BCUT2D eigenvalue weighted by atomic mass is 16.5. The smallest absolute Gasteiger partial charge is 0.204 e. The number of methoxy groups -OCH3 is 1. The van der Waals surface area contributed by atoms with Gasteiger partial charge in [0, 0.05) is 11.1 Å². The van der Waals surface area contributed by atoms with E-state index in [9.17, 15) is 0 Å². The van der Waals surface area contributed by atoms with Crippen molar-refractivity contribution in [1.29, 1.82) is 0 Å². The molecule has 0 unspecified atom stereocenters. The second-order valence-electron chi connectivity index (χ2n) is 7.64. The van der Waals surface area contributed by atoms with Crippen molar-refractivity contribution >= 4 is 0 Å². The van der Waals surface area contributed by atoms with Gasteiger partial charge in [-0.1, -0.05) is 30.3 Å². The Morgan fingerprint density at radius 1 is 1.04 bits per heavy atom. The van der Waals surface area contributed by atoms with E-state index in [1.54, 1.807) is 7.11 Å². The van der Waals surface area contributed by atoms with Crippen molar-refractivity contribution in [3.05, 3.63) is 48.0 Å². The van der Waals surface area contributed by atoms with Gasteiger partial charge < -0.3 is 10.1 Å². The first kappa shape index (κ1) is 16.4. The van der Waals surface area contributed by atoms with Crippen molar-refractivity contribution in [3.8, 4) is 28.3 Å². The molecule has 0 amide bonds. The third kappa shape index (κ3) is 2.90. The van der Waals surface area contributed by atoms with Crippen LogP contribution in [0.15, 0.2) is 42.5 Å². The molecule has 1 aliphatic heterocycles. The predicted molar refractivity (Wildman–Crippen MR) is 103 cm³/mol. The van der Waals surface area contributed by atoms with Gasteiger partial charge in [-0.25, -0.2) is 0 Å². The SMILES string of the molecule is COc1cc(-c2nn[nH]n2)ccc1-c1ccc([C@H]2CC23CCNCC3)cc1. The van der Waals surface area contributed by atoms with Crippen molar-refractivity contribution in [2.45, 2.75) is 25.2 Å². The molecule has 3 aromatic rings. The maximum atomic E-state index is 5.63. The Morgan fingerprint density at radius 3 is 2.52 bits per heavy atom. The van der Waals surface area contributed by atoms with E-state index >= 15 is 0 Å². The minimum Gasteiger partial charge on any atom is -0.496 e. The Kier molecular flexibility index (Phi) is 3.93. The van der Waals surface area contributed by atoms with Crippen molar-refractivity contribution < 1.29 is 4.74 Å². The summed E-state index contributed by atoms with van der Waals surface area (Å²) in [5.41, 5.74) is 5.16.